The van der Waals surface area contributed by atoms with Gasteiger partial charge in [-0.05, 0) is 20.8 Å². The van der Waals surface area contributed by atoms with Crippen LogP contribution in [0.4, 0.5) is 5.95 Å². The average molecular weight is 252 g/mol. The molecule has 0 spiro atoms. The van der Waals surface area contributed by atoms with Crippen LogP contribution in [-0.2, 0) is 4.79 Å². The van der Waals surface area contributed by atoms with Gasteiger partial charge in [-0.2, -0.15) is 4.98 Å². The van der Waals surface area contributed by atoms with E-state index in [4.69, 9.17) is 4.74 Å². The Morgan fingerprint density at radius 1 is 1.39 bits per heavy atom. The molecule has 0 radical (unpaired) electrons. The lowest BCUT2D eigenvalue weighted by atomic mass is 10.3. The topological polar surface area (TPSA) is 67.3 Å². The number of rotatable bonds is 5. The molecule has 0 aliphatic rings. The molecule has 0 bridgehead atoms. The lowest BCUT2D eigenvalue weighted by molar-refractivity contribution is -0.129. The molecular weight excluding hydrogens is 232 g/mol. The first-order chi connectivity index (χ1) is 8.40. The van der Waals surface area contributed by atoms with Crippen LogP contribution in [0.5, 0.6) is 5.88 Å². The number of hydrogen-bond donors (Lipinski definition) is 1. The molecule has 18 heavy (non-hydrogen) atoms. The maximum absolute atomic E-state index is 11.7. The minimum atomic E-state index is -0.380. The van der Waals surface area contributed by atoms with Gasteiger partial charge in [0, 0.05) is 26.4 Å². The van der Waals surface area contributed by atoms with Crippen LogP contribution in [-0.4, -0.2) is 47.0 Å². The Labute approximate surface area is 107 Å². The Morgan fingerprint density at radius 2 is 2.06 bits per heavy atom. The summed E-state index contributed by atoms with van der Waals surface area (Å²) in [4.78, 5) is 21.4. The van der Waals surface area contributed by atoms with Crippen molar-refractivity contribution in [3.05, 3.63) is 12.3 Å². The fourth-order valence-corrected chi connectivity index (χ4v) is 1.36. The molecule has 1 unspecified atom stereocenters. The third-order valence-corrected chi connectivity index (χ3v) is 2.14. The van der Waals surface area contributed by atoms with Crippen LogP contribution in [0.25, 0.3) is 0 Å². The molecule has 1 rings (SSSR count). The third kappa shape index (κ3) is 4.20. The maximum atomic E-state index is 11.7. The van der Waals surface area contributed by atoms with Gasteiger partial charge in [-0.3, -0.25) is 4.79 Å². The molecular formula is C12H20N4O2. The summed E-state index contributed by atoms with van der Waals surface area (Å²) in [6, 6.07) is 1.30. The standard InChI is InChI=1S/C12H20N4O2/c1-8(2)18-10-6-7-13-12(15-10)14-9(3)11(17)16(4)5/h6-9H,1-5H3,(H,13,14,15). The lowest BCUT2D eigenvalue weighted by Crippen LogP contribution is -2.37. The van der Waals surface area contributed by atoms with Gasteiger partial charge in [0.05, 0.1) is 6.10 Å². The van der Waals surface area contributed by atoms with Crippen molar-refractivity contribution in [3.63, 3.8) is 0 Å². The molecule has 6 heteroatoms. The first-order valence-electron chi connectivity index (χ1n) is 5.87. The van der Waals surface area contributed by atoms with Crippen molar-refractivity contribution in [1.82, 2.24) is 14.9 Å². The largest absolute Gasteiger partial charge is 0.475 e. The molecule has 0 saturated carbocycles. The van der Waals surface area contributed by atoms with Crippen molar-refractivity contribution in [2.75, 3.05) is 19.4 Å². The van der Waals surface area contributed by atoms with Crippen molar-refractivity contribution < 1.29 is 9.53 Å². The van der Waals surface area contributed by atoms with Crippen LogP contribution in [0.1, 0.15) is 20.8 Å². The summed E-state index contributed by atoms with van der Waals surface area (Å²) in [6.07, 6.45) is 1.65. The van der Waals surface area contributed by atoms with Crippen LogP contribution in [0.2, 0.25) is 0 Å². The molecule has 1 N–H and O–H groups in total. The molecule has 1 heterocycles. The van der Waals surface area contributed by atoms with Crippen molar-refractivity contribution in [2.24, 2.45) is 0 Å². The third-order valence-electron chi connectivity index (χ3n) is 2.14. The van der Waals surface area contributed by atoms with Crippen LogP contribution in [0, 0.1) is 0 Å². The minimum absolute atomic E-state index is 0.0335. The predicted octanol–water partition coefficient (Wildman–Crippen LogP) is 1.15. The molecule has 1 amide bonds. The van der Waals surface area contributed by atoms with Crippen molar-refractivity contribution >= 4 is 11.9 Å². The average Bonchev–Trinajstić information content (AvgIpc) is 2.27. The fraction of sp³-hybridized carbons (Fsp3) is 0.583. The van der Waals surface area contributed by atoms with E-state index in [1.54, 1.807) is 33.3 Å². The Bertz CT molecular complexity index is 407. The molecule has 6 nitrogen and oxygen atoms in total. The normalized spacial score (nSPS) is 12.1. The Balaban J connectivity index is 2.70. The highest BCUT2D eigenvalue weighted by Crippen LogP contribution is 2.11. The first kappa shape index (κ1) is 14.2. The molecule has 0 fully saturated rings. The van der Waals surface area contributed by atoms with Gasteiger partial charge in [-0.25, -0.2) is 4.98 Å². The molecule has 1 aromatic heterocycles. The van der Waals surface area contributed by atoms with Crippen molar-refractivity contribution in [3.8, 4) is 5.88 Å². The van der Waals surface area contributed by atoms with Gasteiger partial charge in [0.25, 0.3) is 0 Å². The highest BCUT2D eigenvalue weighted by Gasteiger charge is 2.15. The SMILES string of the molecule is CC(C)Oc1ccnc(NC(C)C(=O)N(C)C)n1. The summed E-state index contributed by atoms with van der Waals surface area (Å²) in [7, 11) is 3.42. The van der Waals surface area contributed by atoms with Gasteiger partial charge in [0.1, 0.15) is 6.04 Å². The van der Waals surface area contributed by atoms with Crippen molar-refractivity contribution in [1.29, 1.82) is 0 Å². The Hall–Kier alpha value is -1.85. The summed E-state index contributed by atoms with van der Waals surface area (Å²) in [6.45, 7) is 5.61. The zero-order chi connectivity index (χ0) is 13.7. The number of carbonyl (C=O) groups excluding carboxylic acids is 1. The van der Waals surface area contributed by atoms with E-state index in [0.717, 1.165) is 0 Å². The summed E-state index contributed by atoms with van der Waals surface area (Å²) >= 11 is 0. The molecule has 100 valence electrons. The van der Waals surface area contributed by atoms with Crippen molar-refractivity contribution in [2.45, 2.75) is 32.9 Å². The molecule has 0 saturated heterocycles. The monoisotopic (exact) mass is 252 g/mol. The highest BCUT2D eigenvalue weighted by molar-refractivity contribution is 5.83. The number of ether oxygens (including phenoxy) is 1. The van der Waals surface area contributed by atoms with Gasteiger partial charge < -0.3 is 15.0 Å². The zero-order valence-corrected chi connectivity index (χ0v) is 11.5. The van der Waals surface area contributed by atoms with E-state index >= 15 is 0 Å². The van der Waals surface area contributed by atoms with Gasteiger partial charge in [0.2, 0.25) is 17.7 Å². The first-order valence-corrected chi connectivity index (χ1v) is 5.87. The summed E-state index contributed by atoms with van der Waals surface area (Å²) in [5.41, 5.74) is 0. The number of carbonyl (C=O) groups is 1. The number of hydrogen-bond acceptors (Lipinski definition) is 5. The number of amides is 1. The summed E-state index contributed by atoms with van der Waals surface area (Å²) in [5.74, 6) is 0.844. The zero-order valence-electron chi connectivity index (χ0n) is 11.5. The molecule has 0 aromatic carbocycles. The van der Waals surface area contributed by atoms with E-state index in [0.29, 0.717) is 11.8 Å². The highest BCUT2D eigenvalue weighted by atomic mass is 16.5. The van der Waals surface area contributed by atoms with E-state index in [9.17, 15) is 4.79 Å². The van der Waals surface area contributed by atoms with Gasteiger partial charge in [-0.1, -0.05) is 0 Å². The summed E-state index contributed by atoms with van der Waals surface area (Å²) in [5, 5.41) is 2.94. The second-order valence-corrected chi connectivity index (χ2v) is 4.48. The Kier molecular flexibility index (Phi) is 4.88. The molecule has 0 aliphatic heterocycles. The predicted molar refractivity (Wildman–Crippen MR) is 69.6 cm³/mol. The maximum Gasteiger partial charge on any atom is 0.244 e. The smallest absolute Gasteiger partial charge is 0.244 e. The number of anilines is 1. The van der Waals surface area contributed by atoms with Gasteiger partial charge >= 0.3 is 0 Å². The Morgan fingerprint density at radius 3 is 2.61 bits per heavy atom. The molecule has 0 aliphatic carbocycles. The van der Waals surface area contributed by atoms with Gasteiger partial charge in [-0.15, -0.1) is 0 Å². The number of likely N-dealkylation sites (N-methyl/N-ethyl adjacent to an activating group) is 1. The minimum Gasteiger partial charge on any atom is -0.475 e. The lowest BCUT2D eigenvalue weighted by Gasteiger charge is -2.18. The molecule has 1 atom stereocenters. The van der Waals surface area contributed by atoms with E-state index in [1.165, 1.54) is 4.90 Å². The van der Waals surface area contributed by atoms with Crippen LogP contribution >= 0.6 is 0 Å². The van der Waals surface area contributed by atoms with E-state index in [2.05, 4.69) is 15.3 Å². The fourth-order valence-electron chi connectivity index (χ4n) is 1.36. The molecule has 1 aromatic rings. The second-order valence-electron chi connectivity index (χ2n) is 4.48. The number of nitrogens with one attached hydrogen (secondary N) is 1. The quantitative estimate of drug-likeness (QED) is 0.851. The second kappa shape index (κ2) is 6.18. The summed E-state index contributed by atoms with van der Waals surface area (Å²) < 4.78 is 5.46. The number of aromatic nitrogens is 2. The van der Waals surface area contributed by atoms with Gasteiger partial charge in [0.15, 0.2) is 0 Å². The van der Waals surface area contributed by atoms with E-state index < -0.39 is 0 Å². The van der Waals surface area contributed by atoms with Crippen LogP contribution in [0.15, 0.2) is 12.3 Å². The van der Waals surface area contributed by atoms with E-state index in [1.807, 2.05) is 13.8 Å². The number of nitrogens with zero attached hydrogens (tertiary/aromatic N) is 3. The van der Waals surface area contributed by atoms with Crippen LogP contribution in [0.3, 0.4) is 0 Å². The van der Waals surface area contributed by atoms with Crippen LogP contribution < -0.4 is 10.1 Å². The van der Waals surface area contributed by atoms with E-state index in [-0.39, 0.29) is 18.1 Å².